The van der Waals surface area contributed by atoms with Crippen LogP contribution in [0.3, 0.4) is 0 Å². The van der Waals surface area contributed by atoms with Crippen molar-refractivity contribution in [2.24, 2.45) is 0 Å². The zero-order valence-corrected chi connectivity index (χ0v) is 15.7. The number of benzene rings is 2. The normalized spacial score (nSPS) is 15.0. The molecule has 26 heavy (non-hydrogen) atoms. The van der Waals surface area contributed by atoms with Crippen LogP contribution in [-0.2, 0) is 4.79 Å². The van der Waals surface area contributed by atoms with Gasteiger partial charge < -0.3 is 19.6 Å². The highest BCUT2D eigenvalue weighted by atomic mass is 35.5. The number of nitrogens with zero attached hydrogens (tertiary/aromatic N) is 2. The fourth-order valence-corrected chi connectivity index (χ4v) is 3.18. The van der Waals surface area contributed by atoms with Gasteiger partial charge in [0.05, 0.1) is 0 Å². The SMILES string of the molecule is CC(C)(Oc1ccc(Cl)cc1)C(=O)N1CCN(c2ccc(O)cc2)CC1. The first-order valence-corrected chi connectivity index (χ1v) is 9.01. The third-order valence-corrected chi connectivity index (χ3v) is 4.74. The van der Waals surface area contributed by atoms with Gasteiger partial charge >= 0.3 is 0 Å². The van der Waals surface area contributed by atoms with Crippen molar-refractivity contribution in [3.05, 3.63) is 53.6 Å². The maximum atomic E-state index is 12.9. The lowest BCUT2D eigenvalue weighted by Crippen LogP contribution is -2.55. The third kappa shape index (κ3) is 4.22. The molecule has 1 aliphatic rings. The summed E-state index contributed by atoms with van der Waals surface area (Å²) in [6.45, 7) is 6.33. The number of halogens is 1. The zero-order chi connectivity index (χ0) is 18.7. The van der Waals surface area contributed by atoms with Crippen LogP contribution in [0.15, 0.2) is 48.5 Å². The first-order valence-electron chi connectivity index (χ1n) is 8.63. The summed E-state index contributed by atoms with van der Waals surface area (Å²) < 4.78 is 5.91. The van der Waals surface area contributed by atoms with E-state index in [1.54, 1.807) is 50.2 Å². The minimum Gasteiger partial charge on any atom is -0.508 e. The Morgan fingerprint density at radius 3 is 2.15 bits per heavy atom. The summed E-state index contributed by atoms with van der Waals surface area (Å²) in [6.07, 6.45) is 0. The van der Waals surface area contributed by atoms with E-state index >= 15 is 0 Å². The largest absolute Gasteiger partial charge is 0.508 e. The number of carbonyl (C=O) groups is 1. The van der Waals surface area contributed by atoms with Crippen molar-refractivity contribution in [1.82, 2.24) is 4.90 Å². The van der Waals surface area contributed by atoms with E-state index in [-0.39, 0.29) is 11.7 Å². The molecule has 6 heteroatoms. The Hall–Kier alpha value is -2.40. The molecule has 138 valence electrons. The van der Waals surface area contributed by atoms with E-state index in [1.165, 1.54) is 0 Å². The summed E-state index contributed by atoms with van der Waals surface area (Å²) in [5.74, 6) is 0.844. The molecule has 3 rings (SSSR count). The molecule has 2 aromatic rings. The quantitative estimate of drug-likeness (QED) is 0.889. The fourth-order valence-electron chi connectivity index (χ4n) is 3.05. The van der Waals surface area contributed by atoms with Crippen molar-refractivity contribution in [1.29, 1.82) is 0 Å². The van der Waals surface area contributed by atoms with Gasteiger partial charge in [-0.25, -0.2) is 0 Å². The number of hydrogen-bond acceptors (Lipinski definition) is 4. The van der Waals surface area contributed by atoms with Gasteiger partial charge in [0.1, 0.15) is 11.5 Å². The molecule has 0 unspecified atom stereocenters. The standard InChI is InChI=1S/C20H23ClN2O3/c1-20(2,26-18-9-3-15(21)4-10-18)19(25)23-13-11-22(12-14-23)16-5-7-17(24)8-6-16/h3-10,24H,11-14H2,1-2H3. The van der Waals surface area contributed by atoms with Crippen LogP contribution in [0, 0.1) is 0 Å². The molecule has 1 fully saturated rings. The lowest BCUT2D eigenvalue weighted by molar-refractivity contribution is -0.145. The number of phenolic OH excluding ortho intramolecular Hbond substituents is 1. The topological polar surface area (TPSA) is 53.0 Å². The molecule has 0 aromatic heterocycles. The Bertz CT molecular complexity index is 752. The molecule has 5 nitrogen and oxygen atoms in total. The summed E-state index contributed by atoms with van der Waals surface area (Å²) >= 11 is 5.89. The van der Waals surface area contributed by atoms with E-state index in [2.05, 4.69) is 4.90 Å². The second-order valence-electron chi connectivity index (χ2n) is 6.86. The predicted octanol–water partition coefficient (Wildman–Crippen LogP) is 3.55. The second kappa shape index (κ2) is 7.46. The van der Waals surface area contributed by atoms with Gasteiger partial charge in [-0.2, -0.15) is 0 Å². The summed E-state index contributed by atoms with van der Waals surface area (Å²) in [5, 5.41) is 10.0. The van der Waals surface area contributed by atoms with Crippen molar-refractivity contribution < 1.29 is 14.6 Å². The van der Waals surface area contributed by atoms with Crippen LogP contribution >= 0.6 is 11.6 Å². The molecule has 1 heterocycles. The van der Waals surface area contributed by atoms with Crippen molar-refractivity contribution >= 4 is 23.2 Å². The second-order valence-corrected chi connectivity index (χ2v) is 7.30. The molecule has 2 aromatic carbocycles. The van der Waals surface area contributed by atoms with E-state index in [1.807, 2.05) is 17.0 Å². The Morgan fingerprint density at radius 2 is 1.58 bits per heavy atom. The van der Waals surface area contributed by atoms with Gasteiger partial charge in [-0.1, -0.05) is 11.6 Å². The molecule has 1 N–H and O–H groups in total. The van der Waals surface area contributed by atoms with E-state index in [0.29, 0.717) is 23.9 Å². The van der Waals surface area contributed by atoms with Crippen LogP contribution < -0.4 is 9.64 Å². The number of piperazine rings is 1. The summed E-state index contributed by atoms with van der Waals surface area (Å²) in [5.41, 5.74) is 0.0979. The van der Waals surface area contributed by atoms with Crippen LogP contribution in [0.5, 0.6) is 11.5 Å². The highest BCUT2D eigenvalue weighted by molar-refractivity contribution is 6.30. The van der Waals surface area contributed by atoms with Crippen molar-refractivity contribution in [2.45, 2.75) is 19.4 Å². The first-order chi connectivity index (χ1) is 12.3. The van der Waals surface area contributed by atoms with Gasteiger partial charge in [0.2, 0.25) is 0 Å². The highest BCUT2D eigenvalue weighted by Gasteiger charge is 2.35. The van der Waals surface area contributed by atoms with Gasteiger partial charge in [0.25, 0.3) is 5.91 Å². The van der Waals surface area contributed by atoms with E-state index in [4.69, 9.17) is 16.3 Å². The van der Waals surface area contributed by atoms with Crippen molar-refractivity contribution in [2.75, 3.05) is 31.1 Å². The highest BCUT2D eigenvalue weighted by Crippen LogP contribution is 2.24. The van der Waals surface area contributed by atoms with Crippen LogP contribution in [-0.4, -0.2) is 47.7 Å². The van der Waals surface area contributed by atoms with E-state index < -0.39 is 5.60 Å². The van der Waals surface area contributed by atoms with Gasteiger partial charge in [-0.3, -0.25) is 4.79 Å². The number of rotatable bonds is 4. The zero-order valence-electron chi connectivity index (χ0n) is 15.0. The summed E-state index contributed by atoms with van der Waals surface area (Å²) in [4.78, 5) is 16.9. The minimum atomic E-state index is -0.950. The van der Waals surface area contributed by atoms with Gasteiger partial charge in [0.15, 0.2) is 5.60 Å². The molecule has 1 amide bonds. The third-order valence-electron chi connectivity index (χ3n) is 4.48. The van der Waals surface area contributed by atoms with Crippen LogP contribution in [0.25, 0.3) is 0 Å². The molecule has 0 saturated carbocycles. The molecule has 0 spiro atoms. The molecule has 1 saturated heterocycles. The van der Waals surface area contributed by atoms with Gasteiger partial charge in [-0.05, 0) is 62.4 Å². The van der Waals surface area contributed by atoms with Crippen LogP contribution in [0.2, 0.25) is 5.02 Å². The molecule has 0 aliphatic carbocycles. The molecular weight excluding hydrogens is 352 g/mol. The number of hydrogen-bond donors (Lipinski definition) is 1. The number of amides is 1. The van der Waals surface area contributed by atoms with Gasteiger partial charge in [0, 0.05) is 36.9 Å². The maximum Gasteiger partial charge on any atom is 0.266 e. The molecule has 0 radical (unpaired) electrons. The summed E-state index contributed by atoms with van der Waals surface area (Å²) in [7, 11) is 0. The Balaban J connectivity index is 1.60. The monoisotopic (exact) mass is 374 g/mol. The first kappa shape index (κ1) is 18.4. The number of ether oxygens (including phenoxy) is 1. The lowest BCUT2D eigenvalue weighted by atomic mass is 10.1. The smallest absolute Gasteiger partial charge is 0.266 e. The summed E-state index contributed by atoms with van der Waals surface area (Å²) in [6, 6.07) is 14.1. The van der Waals surface area contributed by atoms with Crippen LogP contribution in [0.1, 0.15) is 13.8 Å². The van der Waals surface area contributed by atoms with Crippen molar-refractivity contribution in [3.63, 3.8) is 0 Å². The van der Waals surface area contributed by atoms with E-state index in [0.717, 1.165) is 18.8 Å². The average molecular weight is 375 g/mol. The average Bonchev–Trinajstić information content (AvgIpc) is 2.64. The molecule has 0 bridgehead atoms. The number of aromatic hydroxyl groups is 1. The Morgan fingerprint density at radius 1 is 1.00 bits per heavy atom. The number of phenols is 1. The van der Waals surface area contributed by atoms with Gasteiger partial charge in [-0.15, -0.1) is 0 Å². The molecule has 1 aliphatic heterocycles. The number of anilines is 1. The minimum absolute atomic E-state index is 0.0298. The molecule has 0 atom stereocenters. The maximum absolute atomic E-state index is 12.9. The lowest BCUT2D eigenvalue weighted by Gasteiger charge is -2.39. The van der Waals surface area contributed by atoms with Crippen molar-refractivity contribution in [3.8, 4) is 11.5 Å². The number of carbonyl (C=O) groups excluding carboxylic acids is 1. The Labute approximate surface area is 158 Å². The van der Waals surface area contributed by atoms with E-state index in [9.17, 15) is 9.90 Å². The predicted molar refractivity (Wildman–Crippen MR) is 103 cm³/mol. The Kier molecular flexibility index (Phi) is 5.28. The van der Waals surface area contributed by atoms with Crippen LogP contribution in [0.4, 0.5) is 5.69 Å². The molecular formula is C20H23ClN2O3. The fraction of sp³-hybridized carbons (Fsp3) is 0.350.